The monoisotopic (exact) mass is 423 g/mol. The largest absolute Gasteiger partial charge is 0.461 e. The summed E-state index contributed by atoms with van der Waals surface area (Å²) >= 11 is 0. The average Bonchev–Trinajstić information content (AvgIpc) is 3.48. The molecule has 2 heterocycles. The van der Waals surface area contributed by atoms with Crippen molar-refractivity contribution in [2.24, 2.45) is 0 Å². The minimum Gasteiger partial charge on any atom is -0.461 e. The van der Waals surface area contributed by atoms with E-state index in [0.29, 0.717) is 17.4 Å². The lowest BCUT2D eigenvalue weighted by Crippen LogP contribution is -2.15. The molecule has 160 valence electrons. The number of ether oxygens (including phenoxy) is 1. The van der Waals surface area contributed by atoms with E-state index in [2.05, 4.69) is 30.8 Å². The molecule has 0 unspecified atom stereocenters. The fourth-order valence-electron chi connectivity index (χ4n) is 3.07. The van der Waals surface area contributed by atoms with E-state index in [-0.39, 0.29) is 18.4 Å². The van der Waals surface area contributed by atoms with Crippen molar-refractivity contribution in [1.29, 1.82) is 0 Å². The maximum atomic E-state index is 12.5. The summed E-state index contributed by atoms with van der Waals surface area (Å²) in [5.74, 6) is -0.262. The molecule has 31 heavy (non-hydrogen) atoms. The summed E-state index contributed by atoms with van der Waals surface area (Å²) in [4.78, 5) is 31.9. The highest BCUT2D eigenvalue weighted by molar-refractivity contribution is 5.95. The van der Waals surface area contributed by atoms with E-state index in [4.69, 9.17) is 4.74 Å². The number of aryl methyl sites for hydroxylation is 1. The lowest BCUT2D eigenvalue weighted by atomic mass is 10.2. The van der Waals surface area contributed by atoms with E-state index in [1.165, 1.54) is 0 Å². The van der Waals surface area contributed by atoms with Gasteiger partial charge in [0.25, 0.3) is 0 Å². The van der Waals surface area contributed by atoms with E-state index in [9.17, 15) is 14.9 Å². The highest BCUT2D eigenvalue weighted by Crippen LogP contribution is 2.40. The third-order valence-corrected chi connectivity index (χ3v) is 4.79. The van der Waals surface area contributed by atoms with E-state index in [1.54, 1.807) is 13.0 Å². The molecule has 3 N–H and O–H groups in total. The van der Waals surface area contributed by atoms with Gasteiger partial charge in [-0.05, 0) is 38.3 Å². The number of carbonyl (C=O) groups excluding carboxylic acids is 1. The molecule has 11 nitrogen and oxygen atoms in total. The smallest absolute Gasteiger partial charge is 0.364 e. The Hall–Kier alpha value is -4.02. The highest BCUT2D eigenvalue weighted by atomic mass is 16.6. The molecule has 0 amide bonds. The number of carbonyl (C=O) groups is 1. The van der Waals surface area contributed by atoms with Crippen molar-refractivity contribution in [2.45, 2.75) is 32.6 Å². The summed E-state index contributed by atoms with van der Waals surface area (Å²) in [5, 5.41) is 24.8. The van der Waals surface area contributed by atoms with E-state index < -0.39 is 22.3 Å². The van der Waals surface area contributed by atoms with Crippen molar-refractivity contribution in [3.05, 3.63) is 57.4 Å². The van der Waals surface area contributed by atoms with Gasteiger partial charge in [-0.3, -0.25) is 15.2 Å². The van der Waals surface area contributed by atoms with Gasteiger partial charge in [-0.15, -0.1) is 0 Å². The molecule has 1 aliphatic rings. The molecule has 0 saturated heterocycles. The fourth-order valence-corrected chi connectivity index (χ4v) is 3.07. The summed E-state index contributed by atoms with van der Waals surface area (Å²) in [6, 6.07) is 9.19. The third-order valence-electron chi connectivity index (χ3n) is 4.79. The Morgan fingerprint density at radius 2 is 2.06 bits per heavy atom. The quantitative estimate of drug-likeness (QED) is 0.278. The summed E-state index contributed by atoms with van der Waals surface area (Å²) in [5.41, 5.74) is 1.54. The van der Waals surface area contributed by atoms with Gasteiger partial charge in [0.15, 0.2) is 5.82 Å². The molecule has 1 saturated carbocycles. The van der Waals surface area contributed by atoms with Crippen LogP contribution in [0.25, 0.3) is 0 Å². The summed E-state index contributed by atoms with van der Waals surface area (Å²) in [6.45, 7) is 3.55. The molecule has 0 aliphatic heterocycles. The zero-order chi connectivity index (χ0) is 22.0. The first kappa shape index (κ1) is 20.3. The molecule has 4 rings (SSSR count). The Bertz CT molecular complexity index is 1140. The molecule has 1 aliphatic carbocycles. The fraction of sp³-hybridized carbons (Fsp3) is 0.300. The van der Waals surface area contributed by atoms with Gasteiger partial charge in [-0.1, -0.05) is 18.2 Å². The Morgan fingerprint density at radius 3 is 2.74 bits per heavy atom. The maximum Gasteiger partial charge on any atom is 0.364 e. The van der Waals surface area contributed by atoms with Crippen molar-refractivity contribution in [1.82, 2.24) is 20.2 Å². The molecule has 3 aromatic rings. The molecular formula is C20H21N7O4. The third kappa shape index (κ3) is 4.44. The molecular weight excluding hydrogens is 402 g/mol. The normalized spacial score (nSPS) is 13.0. The van der Waals surface area contributed by atoms with Crippen molar-refractivity contribution in [2.75, 3.05) is 17.2 Å². The molecule has 1 aromatic carbocycles. The summed E-state index contributed by atoms with van der Waals surface area (Å²) in [7, 11) is 0. The Balaban J connectivity index is 1.77. The first-order chi connectivity index (χ1) is 15.0. The van der Waals surface area contributed by atoms with Gasteiger partial charge in [0.2, 0.25) is 17.5 Å². The summed E-state index contributed by atoms with van der Waals surface area (Å²) in [6.07, 6.45) is 2.15. The van der Waals surface area contributed by atoms with Gasteiger partial charge >= 0.3 is 11.7 Å². The van der Waals surface area contributed by atoms with Crippen LogP contribution in [-0.2, 0) is 4.74 Å². The Morgan fingerprint density at radius 1 is 1.29 bits per heavy atom. The molecule has 0 spiro atoms. The Labute approximate surface area is 177 Å². The van der Waals surface area contributed by atoms with Gasteiger partial charge in [0.1, 0.15) is 0 Å². The van der Waals surface area contributed by atoms with Crippen LogP contribution in [0.1, 0.15) is 47.4 Å². The summed E-state index contributed by atoms with van der Waals surface area (Å²) < 4.78 is 4.99. The maximum absolute atomic E-state index is 12.5. The van der Waals surface area contributed by atoms with Crippen LogP contribution in [-0.4, -0.2) is 37.7 Å². The number of benzene rings is 1. The van der Waals surface area contributed by atoms with Crippen LogP contribution in [0.3, 0.4) is 0 Å². The van der Waals surface area contributed by atoms with Crippen molar-refractivity contribution in [3.8, 4) is 0 Å². The lowest BCUT2D eigenvalue weighted by molar-refractivity contribution is -0.384. The molecule has 2 aromatic heterocycles. The predicted octanol–water partition coefficient (Wildman–Crippen LogP) is 3.96. The van der Waals surface area contributed by atoms with Crippen LogP contribution in [0.4, 0.5) is 29.0 Å². The number of rotatable bonds is 8. The van der Waals surface area contributed by atoms with E-state index in [1.807, 2.05) is 31.2 Å². The SMILES string of the molecule is CCOC(=O)c1nc(Nc2ccccc2C)nc(Nc2cc(C3CC3)[nH]n2)c1[N+](=O)[O-]. The van der Waals surface area contributed by atoms with Gasteiger partial charge in [-0.2, -0.15) is 15.1 Å². The number of hydrogen-bond acceptors (Lipinski definition) is 9. The van der Waals surface area contributed by atoms with E-state index in [0.717, 1.165) is 24.1 Å². The first-order valence-electron chi connectivity index (χ1n) is 9.84. The van der Waals surface area contributed by atoms with Gasteiger partial charge in [0, 0.05) is 23.4 Å². The number of hydrogen-bond donors (Lipinski definition) is 3. The van der Waals surface area contributed by atoms with Crippen LogP contribution in [0, 0.1) is 17.0 Å². The minimum atomic E-state index is -0.909. The lowest BCUT2D eigenvalue weighted by Gasteiger charge is -2.12. The predicted molar refractivity (Wildman–Crippen MR) is 113 cm³/mol. The van der Waals surface area contributed by atoms with Gasteiger partial charge in [0.05, 0.1) is 11.5 Å². The number of esters is 1. The van der Waals surface area contributed by atoms with E-state index >= 15 is 0 Å². The second-order valence-corrected chi connectivity index (χ2v) is 7.12. The highest BCUT2D eigenvalue weighted by Gasteiger charge is 2.32. The molecule has 0 bridgehead atoms. The van der Waals surface area contributed by atoms with Crippen molar-refractivity contribution < 1.29 is 14.5 Å². The zero-order valence-electron chi connectivity index (χ0n) is 17.0. The zero-order valence-corrected chi connectivity index (χ0v) is 17.0. The number of anilines is 4. The molecule has 0 radical (unpaired) electrons. The average molecular weight is 423 g/mol. The molecule has 11 heteroatoms. The number of nitro groups is 1. The van der Waals surface area contributed by atoms with Gasteiger partial charge < -0.3 is 15.4 Å². The number of aromatic amines is 1. The number of nitrogens with zero attached hydrogens (tertiary/aromatic N) is 4. The number of para-hydroxylation sites is 1. The van der Waals surface area contributed by atoms with Crippen LogP contribution in [0.2, 0.25) is 0 Å². The Kier molecular flexibility index (Phi) is 5.48. The first-order valence-corrected chi connectivity index (χ1v) is 9.84. The van der Waals surface area contributed by atoms with Crippen LogP contribution < -0.4 is 10.6 Å². The standard InChI is InChI=1S/C20H21N7O4/c1-3-31-19(28)16-17(27(29)30)18(22-15-10-14(25-26-15)12-8-9-12)24-20(23-16)21-13-7-5-4-6-11(13)2/h4-7,10,12H,3,8-9H2,1-2H3,(H3,21,22,23,24,25,26). The number of nitrogens with one attached hydrogen (secondary N) is 3. The minimum absolute atomic E-state index is 0.0170. The van der Waals surface area contributed by atoms with Crippen molar-refractivity contribution in [3.63, 3.8) is 0 Å². The van der Waals surface area contributed by atoms with Gasteiger partial charge in [-0.25, -0.2) is 4.79 Å². The second kappa shape index (κ2) is 8.38. The van der Waals surface area contributed by atoms with Crippen LogP contribution in [0.5, 0.6) is 0 Å². The van der Waals surface area contributed by atoms with Crippen LogP contribution in [0.15, 0.2) is 30.3 Å². The number of aromatic nitrogens is 4. The molecule has 0 atom stereocenters. The second-order valence-electron chi connectivity index (χ2n) is 7.12. The molecule has 1 fully saturated rings. The topological polar surface area (TPSA) is 148 Å². The van der Waals surface area contributed by atoms with Crippen molar-refractivity contribution >= 4 is 34.9 Å². The number of H-pyrrole nitrogens is 1. The van der Waals surface area contributed by atoms with Crippen LogP contribution >= 0.6 is 0 Å².